The van der Waals surface area contributed by atoms with E-state index < -0.39 is 28.9 Å². The van der Waals surface area contributed by atoms with Crippen LogP contribution in [0, 0.1) is 11.6 Å². The van der Waals surface area contributed by atoms with E-state index in [9.17, 15) is 18.7 Å². The van der Waals surface area contributed by atoms with Gasteiger partial charge in [0.15, 0.2) is 0 Å². The fraction of sp³-hybridized carbons (Fsp3) is 0.350. The minimum absolute atomic E-state index is 0.117. The van der Waals surface area contributed by atoms with Gasteiger partial charge in [-0.15, -0.1) is 0 Å². The summed E-state index contributed by atoms with van der Waals surface area (Å²) in [6.45, 7) is 1.62. The van der Waals surface area contributed by atoms with Crippen molar-refractivity contribution in [2.45, 2.75) is 32.0 Å². The van der Waals surface area contributed by atoms with Gasteiger partial charge in [-0.05, 0) is 37.0 Å². The summed E-state index contributed by atoms with van der Waals surface area (Å²) in [5, 5.41) is 12.1. The molecule has 27 heavy (non-hydrogen) atoms. The minimum atomic E-state index is -1.13. The molecule has 0 unspecified atom stereocenters. The Hall–Kier alpha value is -2.51. The first-order valence-electron chi connectivity index (χ1n) is 8.80. The molecule has 0 aromatic heterocycles. The molecular weight excluding hydrogens is 356 g/mol. The molecule has 1 heterocycles. The molecule has 1 amide bonds. The molecule has 144 valence electrons. The van der Waals surface area contributed by atoms with E-state index in [4.69, 9.17) is 9.47 Å². The van der Waals surface area contributed by atoms with Crippen LogP contribution in [0.4, 0.5) is 14.5 Å². The van der Waals surface area contributed by atoms with Crippen molar-refractivity contribution in [2.75, 3.05) is 18.5 Å². The summed E-state index contributed by atoms with van der Waals surface area (Å²) in [4.78, 5) is 12.2. The molecule has 0 bridgehead atoms. The molecule has 1 atom stereocenters. The lowest BCUT2D eigenvalue weighted by Crippen LogP contribution is -2.24. The number of halogens is 2. The van der Waals surface area contributed by atoms with Gasteiger partial charge in [0.05, 0.1) is 19.3 Å². The number of benzene rings is 2. The molecule has 3 rings (SSSR count). The zero-order valence-corrected chi connectivity index (χ0v) is 14.7. The highest BCUT2D eigenvalue weighted by Gasteiger charge is 2.19. The molecule has 5 nitrogen and oxygen atoms in total. The number of anilines is 1. The van der Waals surface area contributed by atoms with Gasteiger partial charge in [-0.1, -0.05) is 12.1 Å². The fourth-order valence-corrected chi connectivity index (χ4v) is 2.96. The Labute approximate surface area is 155 Å². The standard InChI is InChI=1S/C20H21F2NO4/c21-14-9-17(22)19(18(24)10-14)20(25)23-15-5-3-4-13(8-15)11-26-12-16-6-1-2-7-27-16/h3-5,8-10,16,24H,1-2,6-7,11-12H2,(H,23,25)/t16-/m0/s1. The SMILES string of the molecule is O=C(Nc1cccc(COC[C@@H]2CCCCO2)c1)c1c(O)cc(F)cc1F. The summed E-state index contributed by atoms with van der Waals surface area (Å²) in [6.07, 6.45) is 3.33. The number of nitrogens with one attached hydrogen (secondary N) is 1. The van der Waals surface area contributed by atoms with Crippen LogP contribution in [0.25, 0.3) is 0 Å². The smallest absolute Gasteiger partial charge is 0.262 e. The van der Waals surface area contributed by atoms with Crippen LogP contribution >= 0.6 is 0 Å². The second-order valence-electron chi connectivity index (χ2n) is 6.44. The summed E-state index contributed by atoms with van der Waals surface area (Å²) in [5.41, 5.74) is 0.637. The van der Waals surface area contributed by atoms with Gasteiger partial charge in [0.2, 0.25) is 0 Å². The lowest BCUT2D eigenvalue weighted by molar-refractivity contribution is -0.0447. The van der Waals surface area contributed by atoms with E-state index in [1.807, 2.05) is 6.07 Å². The predicted octanol–water partition coefficient (Wildman–Crippen LogP) is 4.01. The Bertz CT molecular complexity index is 783. The number of amides is 1. The zero-order chi connectivity index (χ0) is 19.2. The van der Waals surface area contributed by atoms with Crippen LogP contribution in [-0.2, 0) is 16.1 Å². The molecule has 0 spiro atoms. The van der Waals surface area contributed by atoms with Crippen molar-refractivity contribution >= 4 is 11.6 Å². The summed E-state index contributed by atoms with van der Waals surface area (Å²) in [7, 11) is 0. The number of aromatic hydroxyl groups is 1. The average molecular weight is 377 g/mol. The maximum absolute atomic E-state index is 13.8. The van der Waals surface area contributed by atoms with Crippen LogP contribution in [0.2, 0.25) is 0 Å². The van der Waals surface area contributed by atoms with Gasteiger partial charge in [-0.3, -0.25) is 4.79 Å². The average Bonchev–Trinajstić information content (AvgIpc) is 2.62. The molecule has 0 radical (unpaired) electrons. The van der Waals surface area contributed by atoms with Crippen molar-refractivity contribution in [3.05, 3.63) is 59.2 Å². The van der Waals surface area contributed by atoms with Crippen molar-refractivity contribution in [1.82, 2.24) is 0 Å². The Balaban J connectivity index is 1.59. The zero-order valence-electron chi connectivity index (χ0n) is 14.7. The van der Waals surface area contributed by atoms with Crippen LogP contribution in [-0.4, -0.2) is 30.3 Å². The van der Waals surface area contributed by atoms with E-state index in [0.29, 0.717) is 31.0 Å². The molecule has 2 aromatic carbocycles. The van der Waals surface area contributed by atoms with Crippen molar-refractivity contribution in [1.29, 1.82) is 0 Å². The number of rotatable bonds is 6. The Kier molecular flexibility index (Phi) is 6.36. The van der Waals surface area contributed by atoms with Crippen molar-refractivity contribution in [3.8, 4) is 5.75 Å². The molecule has 1 fully saturated rings. The Morgan fingerprint density at radius 1 is 1.26 bits per heavy atom. The summed E-state index contributed by atoms with van der Waals surface area (Å²) >= 11 is 0. The molecule has 1 aliphatic rings. The largest absolute Gasteiger partial charge is 0.507 e. The maximum Gasteiger partial charge on any atom is 0.262 e. The lowest BCUT2D eigenvalue weighted by Gasteiger charge is -2.22. The molecule has 0 aliphatic carbocycles. The van der Waals surface area contributed by atoms with E-state index in [2.05, 4.69) is 5.32 Å². The van der Waals surface area contributed by atoms with Gasteiger partial charge >= 0.3 is 0 Å². The Morgan fingerprint density at radius 2 is 2.11 bits per heavy atom. The first-order chi connectivity index (χ1) is 13.0. The van der Waals surface area contributed by atoms with Crippen LogP contribution in [0.5, 0.6) is 5.75 Å². The predicted molar refractivity (Wildman–Crippen MR) is 95.7 cm³/mol. The number of ether oxygens (including phenoxy) is 2. The normalized spacial score (nSPS) is 16.9. The van der Waals surface area contributed by atoms with Crippen LogP contribution in [0.15, 0.2) is 36.4 Å². The molecule has 0 saturated carbocycles. The molecule has 1 saturated heterocycles. The van der Waals surface area contributed by atoms with E-state index in [1.54, 1.807) is 18.2 Å². The number of hydrogen-bond donors (Lipinski definition) is 2. The topological polar surface area (TPSA) is 67.8 Å². The number of phenolic OH excluding ortho intramolecular Hbond substituents is 1. The van der Waals surface area contributed by atoms with Gasteiger partial charge in [-0.25, -0.2) is 8.78 Å². The van der Waals surface area contributed by atoms with Crippen LogP contribution < -0.4 is 5.32 Å². The number of hydrogen-bond acceptors (Lipinski definition) is 4. The van der Waals surface area contributed by atoms with Gasteiger partial charge in [0, 0.05) is 24.4 Å². The Morgan fingerprint density at radius 3 is 2.85 bits per heavy atom. The van der Waals surface area contributed by atoms with Crippen molar-refractivity contribution in [2.24, 2.45) is 0 Å². The van der Waals surface area contributed by atoms with E-state index in [-0.39, 0.29) is 6.10 Å². The van der Waals surface area contributed by atoms with Gasteiger partial charge < -0.3 is 19.9 Å². The fourth-order valence-electron chi connectivity index (χ4n) is 2.96. The lowest BCUT2D eigenvalue weighted by atomic mass is 10.1. The number of phenols is 1. The number of carbonyl (C=O) groups excluding carboxylic acids is 1. The van der Waals surface area contributed by atoms with Crippen molar-refractivity contribution in [3.63, 3.8) is 0 Å². The quantitative estimate of drug-likeness (QED) is 0.798. The van der Waals surface area contributed by atoms with E-state index >= 15 is 0 Å². The van der Waals surface area contributed by atoms with Gasteiger partial charge in [0.25, 0.3) is 5.91 Å². The summed E-state index contributed by atoms with van der Waals surface area (Å²) in [5.74, 6) is -3.70. The highest BCUT2D eigenvalue weighted by atomic mass is 19.1. The van der Waals surface area contributed by atoms with E-state index in [1.165, 1.54) is 0 Å². The second-order valence-corrected chi connectivity index (χ2v) is 6.44. The first-order valence-corrected chi connectivity index (χ1v) is 8.80. The molecular formula is C20H21F2NO4. The maximum atomic E-state index is 13.8. The highest BCUT2D eigenvalue weighted by molar-refractivity contribution is 6.06. The van der Waals surface area contributed by atoms with Gasteiger partial charge in [-0.2, -0.15) is 0 Å². The minimum Gasteiger partial charge on any atom is -0.507 e. The van der Waals surface area contributed by atoms with E-state index in [0.717, 1.165) is 31.4 Å². The van der Waals surface area contributed by atoms with Crippen LogP contribution in [0.1, 0.15) is 35.2 Å². The van der Waals surface area contributed by atoms with Gasteiger partial charge in [0.1, 0.15) is 22.9 Å². The van der Waals surface area contributed by atoms with Crippen molar-refractivity contribution < 1.29 is 28.2 Å². The molecule has 2 N–H and O–H groups in total. The highest BCUT2D eigenvalue weighted by Crippen LogP contribution is 2.23. The third-order valence-electron chi connectivity index (χ3n) is 4.29. The molecule has 2 aromatic rings. The summed E-state index contributed by atoms with van der Waals surface area (Å²) < 4.78 is 38.1. The second kappa shape index (κ2) is 8.92. The number of carbonyl (C=O) groups is 1. The van der Waals surface area contributed by atoms with Crippen LogP contribution in [0.3, 0.4) is 0 Å². The third-order valence-corrected chi connectivity index (χ3v) is 4.29. The molecule has 1 aliphatic heterocycles. The molecule has 7 heteroatoms. The third kappa shape index (κ3) is 5.24. The summed E-state index contributed by atoms with van der Waals surface area (Å²) in [6, 6.07) is 8.13. The first kappa shape index (κ1) is 19.3. The monoisotopic (exact) mass is 377 g/mol.